The Labute approximate surface area is 239 Å². The number of hydrogen-bond acceptors (Lipinski definition) is 6. The molecule has 0 radical (unpaired) electrons. The number of piperidine rings is 1. The largest absolute Gasteiger partial charge is 0.457 e. The fourth-order valence-electron chi connectivity index (χ4n) is 5.31. The average Bonchev–Trinajstić information content (AvgIpc) is 3.34. The van der Waals surface area contributed by atoms with Gasteiger partial charge < -0.3 is 20.3 Å². The Morgan fingerprint density at radius 3 is 2.78 bits per heavy atom. The number of anilines is 3. The lowest BCUT2D eigenvalue weighted by Crippen LogP contribution is -2.49. The number of urea groups is 1. The van der Waals surface area contributed by atoms with Crippen molar-refractivity contribution in [1.29, 1.82) is 0 Å². The molecule has 6 rings (SSSR count). The Kier molecular flexibility index (Phi) is 6.88. The van der Waals surface area contributed by atoms with Crippen LogP contribution in [0.1, 0.15) is 28.1 Å². The number of likely N-dealkylation sites (tertiary alicyclic amines) is 1. The van der Waals surface area contributed by atoms with Crippen LogP contribution in [0.4, 0.5) is 26.2 Å². The highest BCUT2D eigenvalue weighted by molar-refractivity contribution is 7.21. The summed E-state index contributed by atoms with van der Waals surface area (Å²) in [7, 11) is 0. The number of aryl methyl sites for hydroxylation is 1. The molecule has 0 bridgehead atoms. The molecule has 4 aromatic rings. The third-order valence-corrected chi connectivity index (χ3v) is 8.22. The van der Waals surface area contributed by atoms with Gasteiger partial charge >= 0.3 is 6.03 Å². The van der Waals surface area contributed by atoms with Crippen LogP contribution in [0.15, 0.2) is 67.4 Å². The predicted molar refractivity (Wildman–Crippen MR) is 156 cm³/mol. The van der Waals surface area contributed by atoms with Gasteiger partial charge in [-0.3, -0.25) is 14.5 Å². The van der Waals surface area contributed by atoms with E-state index in [1.54, 1.807) is 36.1 Å². The van der Waals surface area contributed by atoms with E-state index in [1.165, 1.54) is 23.2 Å². The molecule has 1 unspecified atom stereocenters. The van der Waals surface area contributed by atoms with Crippen LogP contribution in [0.5, 0.6) is 11.5 Å². The number of rotatable bonds is 6. The number of halogens is 1. The van der Waals surface area contributed by atoms with Crippen LogP contribution < -0.4 is 20.3 Å². The standard InChI is InChI=1S/C30H26FN5O4S/c1-3-23(37)35-13-7-8-18(16-35)33-28(38)27-25-24-22(11-12-32-29(24)41-27)36(30(39)34-25)26-17(2)14-20(15-21(26)31)40-19-9-5-4-6-10-19/h3-6,9-12,14-15,18H,1,7-8,13,16H2,2H3,(H,33,38)(H,34,39). The Morgan fingerprint density at radius 2 is 2.02 bits per heavy atom. The van der Waals surface area contributed by atoms with Crippen LogP contribution >= 0.6 is 11.3 Å². The summed E-state index contributed by atoms with van der Waals surface area (Å²) in [5.74, 6) is -0.315. The van der Waals surface area contributed by atoms with Gasteiger partial charge in [-0.25, -0.2) is 14.2 Å². The van der Waals surface area contributed by atoms with Crippen LogP contribution in [0.25, 0.3) is 10.2 Å². The van der Waals surface area contributed by atoms with Crippen LogP contribution in [-0.4, -0.2) is 46.9 Å². The third-order valence-electron chi connectivity index (χ3n) is 7.13. The van der Waals surface area contributed by atoms with Crippen molar-refractivity contribution in [3.8, 4) is 11.5 Å². The maximum absolute atomic E-state index is 15.6. The van der Waals surface area contributed by atoms with E-state index in [1.807, 2.05) is 18.2 Å². The minimum Gasteiger partial charge on any atom is -0.457 e. The molecule has 208 valence electrons. The molecule has 1 fully saturated rings. The third kappa shape index (κ3) is 4.89. The van der Waals surface area contributed by atoms with Crippen LogP contribution in [0.3, 0.4) is 0 Å². The van der Waals surface area contributed by atoms with Crippen molar-refractivity contribution in [2.24, 2.45) is 0 Å². The number of pyridine rings is 1. The van der Waals surface area contributed by atoms with Gasteiger partial charge in [0.1, 0.15) is 21.2 Å². The zero-order chi connectivity index (χ0) is 28.7. The zero-order valence-corrected chi connectivity index (χ0v) is 23.0. The van der Waals surface area contributed by atoms with Crippen molar-refractivity contribution in [2.75, 3.05) is 23.3 Å². The number of benzene rings is 2. The Morgan fingerprint density at radius 1 is 1.22 bits per heavy atom. The number of nitrogens with one attached hydrogen (secondary N) is 2. The van der Waals surface area contributed by atoms with E-state index in [4.69, 9.17) is 4.74 Å². The van der Waals surface area contributed by atoms with Crippen molar-refractivity contribution in [1.82, 2.24) is 15.2 Å². The highest BCUT2D eigenvalue weighted by atomic mass is 32.1. The number of thiophene rings is 1. The summed E-state index contributed by atoms with van der Waals surface area (Å²) in [6, 6.07) is 12.7. The van der Waals surface area contributed by atoms with Gasteiger partial charge in [-0.05, 0) is 55.7 Å². The molecule has 2 aromatic carbocycles. The average molecular weight is 572 g/mol. The molecule has 2 N–H and O–H groups in total. The molecule has 2 aromatic heterocycles. The SMILES string of the molecule is C=CC(=O)N1CCCC(NC(=O)c2sc3nccc4c3c2NC(=O)N4c2c(C)cc(Oc3ccccc3)cc2F)C1. The maximum atomic E-state index is 15.6. The van der Waals surface area contributed by atoms with E-state index < -0.39 is 11.8 Å². The number of nitrogens with zero attached hydrogens (tertiary/aromatic N) is 3. The molecule has 4 amide bonds. The minimum atomic E-state index is -0.636. The van der Waals surface area contributed by atoms with Gasteiger partial charge in [0.2, 0.25) is 5.91 Å². The second kappa shape index (κ2) is 10.7. The number of ether oxygens (including phenoxy) is 1. The predicted octanol–water partition coefficient (Wildman–Crippen LogP) is 6.13. The molecule has 1 saturated heterocycles. The van der Waals surface area contributed by atoms with Crippen molar-refractivity contribution >= 4 is 56.5 Å². The second-order valence-electron chi connectivity index (χ2n) is 9.87. The molecule has 2 aliphatic heterocycles. The van der Waals surface area contributed by atoms with E-state index in [-0.39, 0.29) is 23.5 Å². The van der Waals surface area contributed by atoms with E-state index in [0.29, 0.717) is 56.6 Å². The first kappa shape index (κ1) is 26.5. The summed E-state index contributed by atoms with van der Waals surface area (Å²) in [4.78, 5) is 47.1. The van der Waals surface area contributed by atoms with Crippen LogP contribution in [0.2, 0.25) is 0 Å². The lowest BCUT2D eigenvalue weighted by molar-refractivity contribution is -0.127. The van der Waals surface area contributed by atoms with Gasteiger partial charge in [-0.2, -0.15) is 0 Å². The molecular formula is C30H26FN5O4S. The summed E-state index contributed by atoms with van der Waals surface area (Å²) >= 11 is 1.15. The van der Waals surface area contributed by atoms with E-state index in [9.17, 15) is 14.4 Å². The first-order valence-corrected chi connectivity index (χ1v) is 13.9. The number of carbonyl (C=O) groups excluding carboxylic acids is 3. The van der Waals surface area contributed by atoms with Crippen LogP contribution in [0, 0.1) is 12.7 Å². The number of carbonyl (C=O) groups is 3. The lowest BCUT2D eigenvalue weighted by atomic mass is 10.1. The Balaban J connectivity index is 1.32. The number of hydrogen-bond donors (Lipinski definition) is 2. The summed E-state index contributed by atoms with van der Waals surface area (Å²) in [6.07, 6.45) is 4.27. The number of amides is 4. The first-order chi connectivity index (χ1) is 19.8. The zero-order valence-electron chi connectivity index (χ0n) is 22.1. The minimum absolute atomic E-state index is 0.0763. The monoisotopic (exact) mass is 571 g/mol. The molecule has 11 heteroatoms. The van der Waals surface area contributed by atoms with E-state index in [2.05, 4.69) is 22.2 Å². The Bertz CT molecular complexity index is 1680. The molecule has 4 heterocycles. The second-order valence-corrected chi connectivity index (χ2v) is 10.9. The van der Waals surface area contributed by atoms with Gasteiger partial charge in [0, 0.05) is 31.4 Å². The van der Waals surface area contributed by atoms with Gasteiger partial charge in [0.25, 0.3) is 5.91 Å². The molecule has 41 heavy (non-hydrogen) atoms. The fraction of sp³-hybridized carbons (Fsp3) is 0.200. The van der Waals surface area contributed by atoms with Gasteiger partial charge in [-0.15, -0.1) is 11.3 Å². The topological polar surface area (TPSA) is 104 Å². The van der Waals surface area contributed by atoms with Crippen molar-refractivity contribution in [2.45, 2.75) is 25.8 Å². The molecule has 2 aliphatic rings. The van der Waals surface area contributed by atoms with E-state index in [0.717, 1.165) is 24.2 Å². The van der Waals surface area contributed by atoms with E-state index >= 15 is 4.39 Å². The molecule has 0 aliphatic carbocycles. The molecule has 0 saturated carbocycles. The molecule has 1 atom stereocenters. The quantitative estimate of drug-likeness (QED) is 0.271. The summed E-state index contributed by atoms with van der Waals surface area (Å²) in [5.41, 5.74) is 1.32. The smallest absolute Gasteiger partial charge is 0.331 e. The molecule has 0 spiro atoms. The number of para-hydroxylation sites is 1. The summed E-state index contributed by atoms with van der Waals surface area (Å²) < 4.78 is 21.4. The fourth-order valence-corrected chi connectivity index (χ4v) is 6.34. The first-order valence-electron chi connectivity index (χ1n) is 13.1. The number of aromatic nitrogens is 1. The summed E-state index contributed by atoms with van der Waals surface area (Å²) in [5, 5.41) is 6.36. The highest BCUT2D eigenvalue weighted by Crippen LogP contribution is 2.47. The normalized spacial score (nSPS) is 16.3. The van der Waals surface area contributed by atoms with Crippen LogP contribution in [-0.2, 0) is 4.79 Å². The van der Waals surface area contributed by atoms with Gasteiger partial charge in [0.15, 0.2) is 5.82 Å². The van der Waals surface area contributed by atoms with Crippen molar-refractivity contribution < 1.29 is 23.5 Å². The highest BCUT2D eigenvalue weighted by Gasteiger charge is 2.35. The Hall–Kier alpha value is -4.77. The van der Waals surface area contributed by atoms with Crippen molar-refractivity contribution in [3.05, 3.63) is 83.6 Å². The van der Waals surface area contributed by atoms with Crippen molar-refractivity contribution in [3.63, 3.8) is 0 Å². The summed E-state index contributed by atoms with van der Waals surface area (Å²) in [6.45, 7) is 6.23. The van der Waals surface area contributed by atoms with Gasteiger partial charge in [-0.1, -0.05) is 24.8 Å². The lowest BCUT2D eigenvalue weighted by Gasteiger charge is -2.32. The molecular weight excluding hydrogens is 545 g/mol. The maximum Gasteiger partial charge on any atom is 0.331 e. The molecule has 9 nitrogen and oxygen atoms in total. The van der Waals surface area contributed by atoms with Gasteiger partial charge in [0.05, 0.1) is 22.4 Å².